The topological polar surface area (TPSA) is 108 Å². The average molecular weight is 485 g/mol. The minimum Gasteiger partial charge on any atom is -0.486 e. The van der Waals surface area contributed by atoms with Gasteiger partial charge in [-0.05, 0) is 26.0 Å². The molecule has 1 aromatic carbocycles. The summed E-state index contributed by atoms with van der Waals surface area (Å²) in [7, 11) is 0. The first-order chi connectivity index (χ1) is 15.2. The van der Waals surface area contributed by atoms with Gasteiger partial charge < -0.3 is 25.4 Å². The van der Waals surface area contributed by atoms with E-state index in [0.717, 1.165) is 24.0 Å². The summed E-state index contributed by atoms with van der Waals surface area (Å²) in [5, 5.41) is 12.9. The Kier molecular flexibility index (Phi) is 7.83. The van der Waals surface area contributed by atoms with Gasteiger partial charge in [-0.1, -0.05) is 0 Å². The molecule has 184 valence electrons. The molecule has 0 saturated carbocycles. The number of hydrogen-bond donors (Lipinski definition) is 3. The summed E-state index contributed by atoms with van der Waals surface area (Å²) >= 11 is 0. The molecule has 0 fully saturated rings. The number of halogens is 6. The highest BCUT2D eigenvalue weighted by atomic mass is 19.4. The van der Waals surface area contributed by atoms with E-state index < -0.39 is 66.9 Å². The second-order valence-corrected chi connectivity index (χ2v) is 7.28. The Hall–Kier alpha value is -3.03. The fourth-order valence-corrected chi connectivity index (χ4v) is 2.92. The van der Waals surface area contributed by atoms with Crippen LogP contribution in [0.5, 0.6) is 5.75 Å². The third-order valence-corrected chi connectivity index (χ3v) is 4.83. The molecule has 1 unspecified atom stereocenters. The highest BCUT2D eigenvalue weighted by Gasteiger charge is 2.57. The van der Waals surface area contributed by atoms with Crippen molar-refractivity contribution in [3.05, 3.63) is 24.0 Å². The first-order valence-corrected chi connectivity index (χ1v) is 9.60. The van der Waals surface area contributed by atoms with Crippen LogP contribution in [-0.2, 0) is 14.4 Å². The molecular weight excluding hydrogens is 464 g/mol. The SMILES string of the molecule is CC(C(=O)NCC(F)(F)C(F)(F)F)C(=O)N[C@@H]1C(=O)N(CCO)c2cc(F)ccc2O[C@@H]1C. The first kappa shape index (κ1) is 26.2. The van der Waals surface area contributed by atoms with Crippen LogP contribution in [0.2, 0.25) is 0 Å². The van der Waals surface area contributed by atoms with E-state index in [1.807, 2.05) is 0 Å². The van der Waals surface area contributed by atoms with Crippen molar-refractivity contribution in [3.8, 4) is 5.75 Å². The molecule has 0 aliphatic carbocycles. The number of β-amino-alcohol motifs (C(OH)–C–C–N with tert-alkyl or cyclic N) is 1. The largest absolute Gasteiger partial charge is 0.486 e. The number of nitrogens with zero attached hydrogens (tertiary/aromatic N) is 1. The summed E-state index contributed by atoms with van der Waals surface area (Å²) in [4.78, 5) is 38.3. The molecule has 3 atom stereocenters. The van der Waals surface area contributed by atoms with Crippen molar-refractivity contribution in [2.24, 2.45) is 5.92 Å². The van der Waals surface area contributed by atoms with Crippen molar-refractivity contribution >= 4 is 23.4 Å². The van der Waals surface area contributed by atoms with Crippen LogP contribution in [0.25, 0.3) is 0 Å². The minimum atomic E-state index is -5.89. The average Bonchev–Trinajstić information content (AvgIpc) is 2.81. The molecule has 3 N–H and O–H groups in total. The number of carbonyl (C=O) groups is 3. The second-order valence-electron chi connectivity index (χ2n) is 7.28. The standard InChI is InChI=1S/C19H21F6N3O5/c1-9(15(30)26-8-18(21,22)19(23,24)25)16(31)27-14-10(2)33-13-4-3-11(20)7-12(13)28(5-6-29)17(14)32/h3-4,7,9-10,14,29H,5-6,8H2,1-2H3,(H,26,30)(H,27,31)/t9?,10-,14+/m1/s1. The maximum atomic E-state index is 13.7. The lowest BCUT2D eigenvalue weighted by Crippen LogP contribution is -2.56. The van der Waals surface area contributed by atoms with Gasteiger partial charge >= 0.3 is 12.1 Å². The maximum Gasteiger partial charge on any atom is 0.455 e. The van der Waals surface area contributed by atoms with Crippen molar-refractivity contribution in [2.75, 3.05) is 24.6 Å². The Morgan fingerprint density at radius 2 is 1.85 bits per heavy atom. The summed E-state index contributed by atoms with van der Waals surface area (Å²) in [5.41, 5.74) is -0.0159. The molecular formula is C19H21F6N3O5. The maximum absolute atomic E-state index is 13.7. The molecule has 33 heavy (non-hydrogen) atoms. The Bertz CT molecular complexity index is 910. The van der Waals surface area contributed by atoms with Crippen molar-refractivity contribution in [1.29, 1.82) is 0 Å². The molecule has 0 radical (unpaired) electrons. The lowest BCUT2D eigenvalue weighted by atomic mass is 10.1. The van der Waals surface area contributed by atoms with Gasteiger partial charge in [-0.25, -0.2) is 4.39 Å². The fraction of sp³-hybridized carbons (Fsp3) is 0.526. The number of benzene rings is 1. The number of hydrogen-bond acceptors (Lipinski definition) is 5. The summed E-state index contributed by atoms with van der Waals surface area (Å²) in [6, 6.07) is 1.83. The molecule has 1 aliphatic rings. The zero-order valence-electron chi connectivity index (χ0n) is 17.4. The number of carbonyl (C=O) groups excluding carboxylic acids is 3. The van der Waals surface area contributed by atoms with E-state index in [2.05, 4.69) is 5.32 Å². The number of alkyl halides is 5. The number of amides is 3. The van der Waals surface area contributed by atoms with E-state index in [1.54, 1.807) is 0 Å². The van der Waals surface area contributed by atoms with Gasteiger partial charge in [0.25, 0.3) is 5.91 Å². The number of nitrogens with one attached hydrogen (secondary N) is 2. The van der Waals surface area contributed by atoms with Gasteiger partial charge in [-0.2, -0.15) is 22.0 Å². The zero-order valence-corrected chi connectivity index (χ0v) is 17.4. The molecule has 14 heteroatoms. The van der Waals surface area contributed by atoms with E-state index in [-0.39, 0.29) is 18.0 Å². The highest BCUT2D eigenvalue weighted by molar-refractivity contribution is 6.05. The predicted octanol–water partition coefficient (Wildman–Crippen LogP) is 1.37. The van der Waals surface area contributed by atoms with Gasteiger partial charge in [0.1, 0.15) is 29.6 Å². The van der Waals surface area contributed by atoms with Crippen molar-refractivity contribution in [1.82, 2.24) is 10.6 Å². The quantitative estimate of drug-likeness (QED) is 0.400. The molecule has 2 rings (SSSR count). The Morgan fingerprint density at radius 1 is 1.21 bits per heavy atom. The Balaban J connectivity index is 2.16. The lowest BCUT2D eigenvalue weighted by molar-refractivity contribution is -0.278. The van der Waals surface area contributed by atoms with Crippen LogP contribution in [0.1, 0.15) is 13.8 Å². The van der Waals surface area contributed by atoms with Gasteiger partial charge in [-0.15, -0.1) is 0 Å². The van der Waals surface area contributed by atoms with Crippen LogP contribution in [0, 0.1) is 11.7 Å². The van der Waals surface area contributed by atoms with Crippen LogP contribution >= 0.6 is 0 Å². The molecule has 3 amide bonds. The fourth-order valence-electron chi connectivity index (χ4n) is 2.92. The van der Waals surface area contributed by atoms with Crippen LogP contribution in [0.4, 0.5) is 32.0 Å². The van der Waals surface area contributed by atoms with E-state index >= 15 is 0 Å². The van der Waals surface area contributed by atoms with E-state index in [1.165, 1.54) is 18.3 Å². The highest BCUT2D eigenvalue weighted by Crippen LogP contribution is 2.35. The molecule has 1 heterocycles. The van der Waals surface area contributed by atoms with E-state index in [9.17, 15) is 45.8 Å². The van der Waals surface area contributed by atoms with Crippen LogP contribution in [0.3, 0.4) is 0 Å². The van der Waals surface area contributed by atoms with Gasteiger partial charge in [0.15, 0.2) is 0 Å². The van der Waals surface area contributed by atoms with E-state index in [0.29, 0.717) is 0 Å². The Morgan fingerprint density at radius 3 is 2.42 bits per heavy atom. The smallest absolute Gasteiger partial charge is 0.455 e. The van der Waals surface area contributed by atoms with E-state index in [4.69, 9.17) is 4.74 Å². The first-order valence-electron chi connectivity index (χ1n) is 9.60. The van der Waals surface area contributed by atoms with Crippen LogP contribution in [0.15, 0.2) is 18.2 Å². The molecule has 0 spiro atoms. The molecule has 8 nitrogen and oxygen atoms in total. The molecule has 1 aromatic rings. The molecule has 0 bridgehead atoms. The van der Waals surface area contributed by atoms with Gasteiger partial charge in [0.2, 0.25) is 11.8 Å². The molecule has 1 aliphatic heterocycles. The summed E-state index contributed by atoms with van der Waals surface area (Å²) in [5.74, 6) is -11.0. The zero-order chi connectivity index (χ0) is 25.1. The van der Waals surface area contributed by atoms with Gasteiger partial charge in [0, 0.05) is 12.6 Å². The van der Waals surface area contributed by atoms with Gasteiger partial charge in [-0.3, -0.25) is 14.4 Å². The number of fused-ring (bicyclic) bond motifs is 1. The number of rotatable bonds is 7. The number of ether oxygens (including phenoxy) is 1. The number of aliphatic hydroxyl groups is 1. The monoisotopic (exact) mass is 485 g/mol. The Labute approximate surface area is 183 Å². The summed E-state index contributed by atoms with van der Waals surface area (Å²) in [6.45, 7) is -0.561. The van der Waals surface area contributed by atoms with Gasteiger partial charge in [0.05, 0.1) is 18.8 Å². The summed E-state index contributed by atoms with van der Waals surface area (Å²) in [6.07, 6.45) is -6.95. The van der Waals surface area contributed by atoms with Crippen LogP contribution < -0.4 is 20.3 Å². The third kappa shape index (κ3) is 5.86. The number of aliphatic hydroxyl groups excluding tert-OH is 1. The van der Waals surface area contributed by atoms with Crippen LogP contribution in [-0.4, -0.2) is 66.8 Å². The predicted molar refractivity (Wildman–Crippen MR) is 101 cm³/mol. The lowest BCUT2D eigenvalue weighted by Gasteiger charge is -2.27. The number of anilines is 1. The molecule has 0 aromatic heterocycles. The normalized spacial score (nSPS) is 19.8. The van der Waals surface area contributed by atoms with Crippen molar-refractivity contribution in [3.63, 3.8) is 0 Å². The molecule has 0 saturated heterocycles. The van der Waals surface area contributed by atoms with Crippen molar-refractivity contribution in [2.45, 2.75) is 38.1 Å². The minimum absolute atomic E-state index is 0.0159. The third-order valence-electron chi connectivity index (χ3n) is 4.83. The van der Waals surface area contributed by atoms with Crippen molar-refractivity contribution < 1.29 is 50.6 Å². The second kappa shape index (κ2) is 9.85. The summed E-state index contributed by atoms with van der Waals surface area (Å²) < 4.78 is 82.0.